The minimum absolute atomic E-state index is 0.568. The number of halogens is 2. The quantitative estimate of drug-likeness (QED) is 0.430. The first-order valence-corrected chi connectivity index (χ1v) is 9.06. The first-order valence-electron chi connectivity index (χ1n) is 7.43. The van der Waals surface area contributed by atoms with Gasteiger partial charge in [-0.05, 0) is 37.3 Å². The van der Waals surface area contributed by atoms with Crippen molar-refractivity contribution in [1.82, 2.24) is 4.98 Å². The van der Waals surface area contributed by atoms with Crippen molar-refractivity contribution in [2.24, 2.45) is 5.10 Å². The van der Waals surface area contributed by atoms with E-state index in [0.29, 0.717) is 15.2 Å². The molecule has 3 rings (SSSR count). The zero-order valence-corrected chi connectivity index (χ0v) is 15.9. The summed E-state index contributed by atoms with van der Waals surface area (Å²) in [6, 6.07) is 13.1. The number of anilines is 1. The topological polar surface area (TPSA) is 46.5 Å². The van der Waals surface area contributed by atoms with E-state index in [2.05, 4.69) is 15.5 Å². The molecule has 2 aromatic carbocycles. The Labute approximate surface area is 160 Å². The molecule has 4 nitrogen and oxygen atoms in total. The zero-order valence-electron chi connectivity index (χ0n) is 13.6. The number of hydrogen-bond acceptors (Lipinski definition) is 5. The van der Waals surface area contributed by atoms with E-state index in [4.69, 9.17) is 27.9 Å². The highest BCUT2D eigenvalue weighted by molar-refractivity contribution is 7.14. The Hall–Kier alpha value is -2.08. The van der Waals surface area contributed by atoms with Crippen LogP contribution in [0.5, 0.6) is 5.75 Å². The Morgan fingerprint density at radius 3 is 2.76 bits per heavy atom. The minimum Gasteiger partial charge on any atom is -0.496 e. The smallest absolute Gasteiger partial charge is 0.203 e. The van der Waals surface area contributed by atoms with E-state index in [9.17, 15) is 0 Å². The molecule has 0 saturated carbocycles. The molecule has 0 radical (unpaired) electrons. The van der Waals surface area contributed by atoms with E-state index >= 15 is 0 Å². The Balaban J connectivity index is 1.79. The fourth-order valence-corrected chi connectivity index (χ4v) is 3.44. The maximum Gasteiger partial charge on any atom is 0.203 e. The number of methoxy groups -OCH3 is 1. The number of ether oxygens (including phenoxy) is 1. The van der Waals surface area contributed by atoms with Gasteiger partial charge in [0.1, 0.15) is 5.75 Å². The monoisotopic (exact) mass is 391 g/mol. The second kappa shape index (κ2) is 7.87. The van der Waals surface area contributed by atoms with Crippen LogP contribution in [0.4, 0.5) is 5.13 Å². The largest absolute Gasteiger partial charge is 0.496 e. The molecule has 0 saturated heterocycles. The van der Waals surface area contributed by atoms with Gasteiger partial charge in [-0.1, -0.05) is 35.3 Å². The van der Waals surface area contributed by atoms with Crippen LogP contribution in [0.25, 0.3) is 11.3 Å². The number of rotatable bonds is 5. The molecule has 1 aromatic heterocycles. The van der Waals surface area contributed by atoms with Crippen molar-refractivity contribution in [2.45, 2.75) is 6.92 Å². The standard InChI is InChI=1S/C18H15Cl2N3OS/c1-11(13-5-3-4-6-17(13)24-2)22-23-18-21-16(10-25-18)14-8-7-12(19)9-15(14)20/h3-10H,1-2H3,(H,21,23)/b22-11-. The summed E-state index contributed by atoms with van der Waals surface area (Å²) in [6.45, 7) is 1.91. The predicted molar refractivity (Wildman–Crippen MR) is 106 cm³/mol. The third-order valence-electron chi connectivity index (χ3n) is 3.53. The number of nitrogens with zero attached hydrogens (tertiary/aromatic N) is 2. The Bertz CT molecular complexity index is 924. The molecule has 0 atom stereocenters. The summed E-state index contributed by atoms with van der Waals surface area (Å²) in [6.07, 6.45) is 0. The molecule has 0 spiro atoms. The maximum absolute atomic E-state index is 6.23. The van der Waals surface area contributed by atoms with Gasteiger partial charge in [0.2, 0.25) is 5.13 Å². The van der Waals surface area contributed by atoms with Crippen molar-refractivity contribution in [3.8, 4) is 17.0 Å². The summed E-state index contributed by atoms with van der Waals surface area (Å²) in [4.78, 5) is 4.52. The highest BCUT2D eigenvalue weighted by Gasteiger charge is 2.09. The molecule has 3 aromatic rings. The van der Waals surface area contributed by atoms with Crippen LogP contribution >= 0.6 is 34.5 Å². The van der Waals surface area contributed by atoms with Crippen LogP contribution in [0.1, 0.15) is 12.5 Å². The van der Waals surface area contributed by atoms with Gasteiger partial charge < -0.3 is 4.74 Å². The van der Waals surface area contributed by atoms with E-state index < -0.39 is 0 Å². The van der Waals surface area contributed by atoms with E-state index in [1.165, 1.54) is 11.3 Å². The average Bonchev–Trinajstić information content (AvgIpc) is 3.08. The van der Waals surface area contributed by atoms with Crippen LogP contribution in [0.2, 0.25) is 10.0 Å². The lowest BCUT2D eigenvalue weighted by atomic mass is 10.1. The fourth-order valence-electron chi connectivity index (χ4n) is 2.28. The van der Waals surface area contributed by atoms with Gasteiger partial charge in [-0.3, -0.25) is 5.43 Å². The second-order valence-corrected chi connectivity index (χ2v) is 6.87. The van der Waals surface area contributed by atoms with E-state index in [-0.39, 0.29) is 0 Å². The first-order chi connectivity index (χ1) is 12.1. The second-order valence-electron chi connectivity index (χ2n) is 5.17. The Kier molecular flexibility index (Phi) is 5.58. The summed E-state index contributed by atoms with van der Waals surface area (Å²) in [5, 5.41) is 8.16. The molecule has 0 aliphatic heterocycles. The molecule has 0 aliphatic rings. The van der Waals surface area contributed by atoms with E-state index in [1.807, 2.05) is 42.6 Å². The van der Waals surface area contributed by atoms with Gasteiger partial charge in [0.25, 0.3) is 0 Å². The number of nitrogens with one attached hydrogen (secondary N) is 1. The van der Waals surface area contributed by atoms with Gasteiger partial charge in [0.05, 0.1) is 23.5 Å². The van der Waals surface area contributed by atoms with Crippen LogP contribution in [-0.4, -0.2) is 17.8 Å². The van der Waals surface area contributed by atoms with Crippen LogP contribution in [0.3, 0.4) is 0 Å². The van der Waals surface area contributed by atoms with Gasteiger partial charge in [-0.25, -0.2) is 4.98 Å². The molecule has 0 amide bonds. The third-order valence-corrected chi connectivity index (χ3v) is 4.82. The summed E-state index contributed by atoms with van der Waals surface area (Å²) >= 11 is 13.6. The summed E-state index contributed by atoms with van der Waals surface area (Å²) in [5.41, 5.74) is 6.33. The van der Waals surface area contributed by atoms with Gasteiger partial charge >= 0.3 is 0 Å². The average molecular weight is 392 g/mol. The van der Waals surface area contributed by atoms with Gasteiger partial charge in [0.15, 0.2) is 0 Å². The van der Waals surface area contributed by atoms with Crippen molar-refractivity contribution < 1.29 is 4.74 Å². The highest BCUT2D eigenvalue weighted by Crippen LogP contribution is 2.32. The first kappa shape index (κ1) is 17.7. The van der Waals surface area contributed by atoms with Crippen molar-refractivity contribution >= 4 is 45.4 Å². The van der Waals surface area contributed by atoms with Crippen LogP contribution in [0, 0.1) is 0 Å². The van der Waals surface area contributed by atoms with Crippen molar-refractivity contribution in [2.75, 3.05) is 12.5 Å². The third kappa shape index (κ3) is 4.12. The zero-order chi connectivity index (χ0) is 17.8. The molecule has 0 aliphatic carbocycles. The maximum atomic E-state index is 6.23. The van der Waals surface area contributed by atoms with Crippen molar-refractivity contribution in [1.29, 1.82) is 0 Å². The fraction of sp³-hybridized carbons (Fsp3) is 0.111. The van der Waals surface area contributed by atoms with E-state index in [1.54, 1.807) is 19.2 Å². The number of thiazole rings is 1. The SMILES string of the molecule is COc1ccccc1/C(C)=N\Nc1nc(-c2ccc(Cl)cc2Cl)cs1. The normalized spacial score (nSPS) is 11.4. The van der Waals surface area contributed by atoms with Crippen molar-refractivity contribution in [3.05, 3.63) is 63.5 Å². The van der Waals surface area contributed by atoms with Gasteiger partial charge in [0, 0.05) is 21.5 Å². The number of hydrogen-bond donors (Lipinski definition) is 1. The van der Waals surface area contributed by atoms with Gasteiger partial charge in [-0.15, -0.1) is 11.3 Å². The molecule has 1 N–H and O–H groups in total. The molecule has 0 unspecified atom stereocenters. The Morgan fingerprint density at radius 1 is 1.20 bits per heavy atom. The van der Waals surface area contributed by atoms with E-state index in [0.717, 1.165) is 28.3 Å². The molecule has 1 heterocycles. The molecular weight excluding hydrogens is 377 g/mol. The molecule has 7 heteroatoms. The number of hydrazone groups is 1. The molecule has 128 valence electrons. The van der Waals surface area contributed by atoms with Crippen LogP contribution in [0.15, 0.2) is 52.9 Å². The molecule has 0 fully saturated rings. The minimum atomic E-state index is 0.568. The molecule has 0 bridgehead atoms. The molecular formula is C18H15Cl2N3OS. The predicted octanol–water partition coefficient (Wildman–Crippen LogP) is 5.96. The summed E-state index contributed by atoms with van der Waals surface area (Å²) in [5.74, 6) is 0.776. The lowest BCUT2D eigenvalue weighted by Crippen LogP contribution is -2.02. The number of aromatic nitrogens is 1. The van der Waals surface area contributed by atoms with Gasteiger partial charge in [-0.2, -0.15) is 5.10 Å². The van der Waals surface area contributed by atoms with Crippen LogP contribution in [-0.2, 0) is 0 Å². The Morgan fingerprint density at radius 2 is 2.00 bits per heavy atom. The lowest BCUT2D eigenvalue weighted by molar-refractivity contribution is 0.414. The summed E-state index contributed by atoms with van der Waals surface area (Å²) < 4.78 is 5.36. The highest BCUT2D eigenvalue weighted by atomic mass is 35.5. The summed E-state index contributed by atoms with van der Waals surface area (Å²) in [7, 11) is 1.64. The lowest BCUT2D eigenvalue weighted by Gasteiger charge is -2.07. The molecule has 25 heavy (non-hydrogen) atoms. The van der Waals surface area contributed by atoms with Crippen LogP contribution < -0.4 is 10.2 Å². The number of benzene rings is 2. The van der Waals surface area contributed by atoms with Crippen molar-refractivity contribution in [3.63, 3.8) is 0 Å². The number of para-hydroxylation sites is 1.